The Bertz CT molecular complexity index is 232. The highest BCUT2D eigenvalue weighted by atomic mass is 16.6. The van der Waals surface area contributed by atoms with Crippen molar-refractivity contribution in [2.75, 3.05) is 26.3 Å². The van der Waals surface area contributed by atoms with Crippen LogP contribution >= 0.6 is 0 Å². The SMILES string of the molecule is CCC(CO)NCCN(C(CC)CO)/[N+]([O-])=N/[O-]. The molecule has 0 aromatic rings. The summed E-state index contributed by atoms with van der Waals surface area (Å²) in [6.07, 6.45) is 1.29. The topological polar surface area (TPSA) is 117 Å². The Morgan fingerprint density at radius 3 is 2.33 bits per heavy atom. The summed E-state index contributed by atoms with van der Waals surface area (Å²) in [7, 11) is 0. The van der Waals surface area contributed by atoms with Crippen molar-refractivity contribution in [2.24, 2.45) is 5.28 Å². The zero-order valence-corrected chi connectivity index (χ0v) is 10.9. The number of rotatable bonds is 10. The number of hydrogen-bond donors (Lipinski definition) is 3. The largest absolute Gasteiger partial charge is 0.737 e. The molecule has 2 unspecified atom stereocenters. The Labute approximate surface area is 107 Å². The Hall–Kier alpha value is -1.12. The minimum Gasteiger partial charge on any atom is -0.737 e. The van der Waals surface area contributed by atoms with Gasteiger partial charge in [-0.2, -0.15) is 0 Å². The van der Waals surface area contributed by atoms with Gasteiger partial charge in [0.1, 0.15) is 6.04 Å². The molecular weight excluding hydrogens is 240 g/mol. The van der Waals surface area contributed by atoms with E-state index in [-0.39, 0.29) is 30.8 Å². The first kappa shape index (κ1) is 16.9. The van der Waals surface area contributed by atoms with Crippen molar-refractivity contribution in [1.82, 2.24) is 10.3 Å². The lowest BCUT2D eigenvalue weighted by Crippen LogP contribution is -2.47. The zero-order valence-electron chi connectivity index (χ0n) is 10.9. The highest BCUT2D eigenvalue weighted by Crippen LogP contribution is 2.04. The third-order valence-corrected chi connectivity index (χ3v) is 2.88. The molecule has 0 fully saturated rings. The summed E-state index contributed by atoms with van der Waals surface area (Å²) >= 11 is 0. The van der Waals surface area contributed by atoms with Gasteiger partial charge in [-0.05, 0) is 18.1 Å². The molecule has 0 heterocycles. The Balaban J connectivity index is 4.34. The molecule has 0 radical (unpaired) electrons. The van der Waals surface area contributed by atoms with Crippen LogP contribution in [0.2, 0.25) is 0 Å². The van der Waals surface area contributed by atoms with Crippen LogP contribution < -0.4 is 5.32 Å². The zero-order chi connectivity index (χ0) is 14.0. The van der Waals surface area contributed by atoms with E-state index in [1.807, 2.05) is 13.8 Å². The molecule has 0 amide bonds. The molecule has 108 valence electrons. The molecule has 0 saturated heterocycles. The minimum atomic E-state index is -0.434. The monoisotopic (exact) mass is 263 g/mol. The summed E-state index contributed by atoms with van der Waals surface area (Å²) in [5.74, 6) is 0. The molecule has 8 nitrogen and oxygen atoms in total. The Morgan fingerprint density at radius 2 is 1.94 bits per heavy atom. The summed E-state index contributed by atoms with van der Waals surface area (Å²) < 4.78 is 0. The van der Waals surface area contributed by atoms with Crippen molar-refractivity contribution >= 4 is 0 Å². The van der Waals surface area contributed by atoms with Crippen molar-refractivity contribution in [1.29, 1.82) is 0 Å². The number of aliphatic hydroxyl groups excluding tert-OH is 2. The van der Waals surface area contributed by atoms with Gasteiger partial charge >= 0.3 is 0 Å². The van der Waals surface area contributed by atoms with Crippen molar-refractivity contribution in [3.63, 3.8) is 0 Å². The van der Waals surface area contributed by atoms with Crippen LogP contribution in [0.4, 0.5) is 0 Å². The lowest BCUT2D eigenvalue weighted by Gasteiger charge is -2.26. The maximum Gasteiger partial charge on any atom is 0.110 e. The molecule has 0 saturated carbocycles. The van der Waals surface area contributed by atoms with Crippen LogP contribution in [0.5, 0.6) is 0 Å². The van der Waals surface area contributed by atoms with Gasteiger partial charge in [-0.15, -0.1) is 5.01 Å². The summed E-state index contributed by atoms with van der Waals surface area (Å²) in [4.78, 5) is -0.0357. The van der Waals surface area contributed by atoms with Crippen molar-refractivity contribution < 1.29 is 15.2 Å². The van der Waals surface area contributed by atoms with E-state index in [1.165, 1.54) is 5.01 Å². The molecule has 0 rings (SSSR count). The minimum absolute atomic E-state index is 0.0146. The fourth-order valence-electron chi connectivity index (χ4n) is 1.61. The van der Waals surface area contributed by atoms with Gasteiger partial charge in [0.25, 0.3) is 0 Å². The van der Waals surface area contributed by atoms with E-state index in [0.717, 1.165) is 6.42 Å². The molecule has 3 N–H and O–H groups in total. The van der Waals surface area contributed by atoms with Crippen LogP contribution in [0.1, 0.15) is 26.7 Å². The molecule has 0 aromatic carbocycles. The maximum atomic E-state index is 11.3. The number of nitrogens with zero attached hydrogens (tertiary/aromatic N) is 3. The first-order valence-corrected chi connectivity index (χ1v) is 6.16. The van der Waals surface area contributed by atoms with Gasteiger partial charge in [0.15, 0.2) is 0 Å². The standard InChI is InChI=1S/C10H24N4O4/c1-3-9(7-15)11-5-6-13(14(18)12-17)10(4-2)8-16/h9-11,15-17H,3-8H2,1-2H3/p-1/b14-12-. The molecule has 0 aliphatic rings. The Kier molecular flexibility index (Phi) is 9.25. The predicted octanol–water partition coefficient (Wildman–Crippen LogP) is -0.205. The second-order valence-corrected chi connectivity index (χ2v) is 3.98. The second-order valence-electron chi connectivity index (χ2n) is 3.98. The summed E-state index contributed by atoms with van der Waals surface area (Å²) in [5, 5.41) is 46.2. The predicted molar refractivity (Wildman–Crippen MR) is 66.5 cm³/mol. The van der Waals surface area contributed by atoms with Crippen LogP contribution in [0.15, 0.2) is 5.28 Å². The second kappa shape index (κ2) is 9.86. The van der Waals surface area contributed by atoms with E-state index in [1.54, 1.807) is 0 Å². The molecule has 2 atom stereocenters. The molecule has 0 aromatic heterocycles. The van der Waals surface area contributed by atoms with Crippen LogP contribution in [0.25, 0.3) is 0 Å². The molecule has 0 bridgehead atoms. The van der Waals surface area contributed by atoms with E-state index < -0.39 is 6.04 Å². The fraction of sp³-hybridized carbons (Fsp3) is 1.00. The van der Waals surface area contributed by atoms with Crippen molar-refractivity contribution in [3.05, 3.63) is 10.4 Å². The third kappa shape index (κ3) is 5.48. The van der Waals surface area contributed by atoms with E-state index >= 15 is 0 Å². The van der Waals surface area contributed by atoms with Crippen LogP contribution in [-0.4, -0.2) is 58.6 Å². The van der Waals surface area contributed by atoms with Crippen LogP contribution in [0, 0.1) is 10.4 Å². The fourth-order valence-corrected chi connectivity index (χ4v) is 1.61. The lowest BCUT2D eigenvalue weighted by atomic mass is 10.2. The van der Waals surface area contributed by atoms with Gasteiger partial charge in [0.05, 0.1) is 19.8 Å². The average Bonchev–Trinajstić information content (AvgIpc) is 2.41. The van der Waals surface area contributed by atoms with Gasteiger partial charge in [-0.25, -0.2) is 0 Å². The summed E-state index contributed by atoms with van der Waals surface area (Å²) in [5.41, 5.74) is 0. The normalized spacial score (nSPS) is 15.4. The first-order valence-electron chi connectivity index (χ1n) is 6.16. The number of hydrazine groups is 1. The summed E-state index contributed by atoms with van der Waals surface area (Å²) in [6, 6.07) is -0.471. The van der Waals surface area contributed by atoms with Gasteiger partial charge in [-0.3, -0.25) is 0 Å². The molecule has 0 aliphatic heterocycles. The van der Waals surface area contributed by atoms with E-state index in [4.69, 9.17) is 10.2 Å². The highest BCUT2D eigenvalue weighted by molar-refractivity contribution is 4.66. The number of aliphatic hydroxyl groups is 2. The smallest absolute Gasteiger partial charge is 0.110 e. The quantitative estimate of drug-likeness (QED) is 0.285. The number of hydrogen-bond acceptors (Lipinski definition) is 6. The van der Waals surface area contributed by atoms with Gasteiger partial charge in [0, 0.05) is 17.6 Å². The Morgan fingerprint density at radius 1 is 1.28 bits per heavy atom. The van der Waals surface area contributed by atoms with E-state index in [0.29, 0.717) is 13.0 Å². The van der Waals surface area contributed by atoms with Gasteiger partial charge < -0.3 is 25.9 Å². The molecule has 0 spiro atoms. The molecule has 0 aliphatic carbocycles. The average molecular weight is 263 g/mol. The van der Waals surface area contributed by atoms with Crippen LogP contribution in [0.3, 0.4) is 0 Å². The van der Waals surface area contributed by atoms with Gasteiger partial charge in [0.2, 0.25) is 0 Å². The maximum absolute atomic E-state index is 11.3. The number of nitrogens with one attached hydrogen (secondary N) is 1. The van der Waals surface area contributed by atoms with E-state index in [9.17, 15) is 10.4 Å². The molecule has 18 heavy (non-hydrogen) atoms. The van der Waals surface area contributed by atoms with Gasteiger partial charge in [-0.1, -0.05) is 13.8 Å². The van der Waals surface area contributed by atoms with Crippen molar-refractivity contribution in [2.45, 2.75) is 38.8 Å². The third-order valence-electron chi connectivity index (χ3n) is 2.88. The molecule has 8 heteroatoms. The highest BCUT2D eigenvalue weighted by Gasteiger charge is 2.22. The van der Waals surface area contributed by atoms with Crippen LogP contribution in [-0.2, 0) is 0 Å². The summed E-state index contributed by atoms with van der Waals surface area (Å²) in [6.45, 7) is 4.20. The van der Waals surface area contributed by atoms with Crippen molar-refractivity contribution in [3.8, 4) is 0 Å². The first-order chi connectivity index (χ1) is 8.64. The molecular formula is C10H23N4O4-. The van der Waals surface area contributed by atoms with E-state index in [2.05, 4.69) is 10.6 Å². The lowest BCUT2D eigenvalue weighted by molar-refractivity contribution is -0.698.